The van der Waals surface area contributed by atoms with E-state index in [1.54, 1.807) is 43.3 Å². The van der Waals surface area contributed by atoms with Crippen LogP contribution in [0.15, 0.2) is 95.9 Å². The molecule has 0 bridgehead atoms. The van der Waals surface area contributed by atoms with Gasteiger partial charge in [-0.3, -0.25) is 14.4 Å². The lowest BCUT2D eigenvalue weighted by molar-refractivity contribution is -0.146. The monoisotopic (exact) mass is 755 g/mol. The number of rotatable bonds is 14. The molecule has 2 N–H and O–H groups in total. The Morgan fingerprint density at radius 2 is 1.37 bits per heavy atom. The van der Waals surface area contributed by atoms with Gasteiger partial charge in [-0.2, -0.15) is 4.31 Å². The van der Waals surface area contributed by atoms with E-state index < -0.39 is 21.8 Å². The van der Waals surface area contributed by atoms with E-state index in [-0.39, 0.29) is 52.2 Å². The van der Waals surface area contributed by atoms with Crippen LogP contribution in [0.25, 0.3) is 0 Å². The van der Waals surface area contributed by atoms with Crippen molar-refractivity contribution in [3.8, 4) is 5.75 Å². The van der Waals surface area contributed by atoms with Crippen molar-refractivity contribution in [3.63, 3.8) is 0 Å². The van der Waals surface area contributed by atoms with E-state index in [0.29, 0.717) is 42.7 Å². The third-order valence-corrected chi connectivity index (χ3v) is 11.7. The molecule has 12 nitrogen and oxygen atoms in total. The zero-order valence-electron chi connectivity index (χ0n) is 30.8. The molecule has 1 aliphatic rings. The maximum Gasteiger partial charge on any atom is 0.337 e. The highest BCUT2D eigenvalue weighted by Gasteiger charge is 2.35. The molecule has 0 radical (unpaired) electrons. The van der Waals surface area contributed by atoms with E-state index in [2.05, 4.69) is 10.6 Å². The maximum absolute atomic E-state index is 13.8. The average Bonchev–Trinajstić information content (AvgIpc) is 3.20. The Bertz CT molecular complexity index is 2080. The van der Waals surface area contributed by atoms with Gasteiger partial charge in [-0.1, -0.05) is 37.3 Å². The van der Waals surface area contributed by atoms with E-state index >= 15 is 0 Å². The molecule has 0 saturated heterocycles. The molecule has 0 aliphatic heterocycles. The van der Waals surface area contributed by atoms with Gasteiger partial charge in [-0.25, -0.2) is 13.2 Å². The Hall–Kier alpha value is -5.53. The second kappa shape index (κ2) is 18.0. The molecule has 0 aromatic heterocycles. The fraction of sp³-hybridized carbons (Fsp3) is 0.317. The van der Waals surface area contributed by atoms with Crippen LogP contribution in [-0.2, 0) is 37.1 Å². The molecule has 284 valence electrons. The van der Waals surface area contributed by atoms with Crippen LogP contribution in [0.1, 0.15) is 74.8 Å². The normalized spacial score (nSPS) is 15.6. The van der Waals surface area contributed by atoms with Gasteiger partial charge in [0.15, 0.2) is 0 Å². The molecule has 0 heterocycles. The molecule has 1 fully saturated rings. The summed E-state index contributed by atoms with van der Waals surface area (Å²) in [6, 6.07) is 24.9. The molecule has 4 aromatic rings. The summed E-state index contributed by atoms with van der Waals surface area (Å²) in [4.78, 5) is 50.8. The van der Waals surface area contributed by atoms with Gasteiger partial charge in [0.2, 0.25) is 10.0 Å². The van der Waals surface area contributed by atoms with Gasteiger partial charge in [0, 0.05) is 23.8 Å². The van der Waals surface area contributed by atoms with E-state index in [1.165, 1.54) is 56.0 Å². The second-order valence-electron chi connectivity index (χ2n) is 13.0. The Balaban J connectivity index is 1.25. The number of benzene rings is 4. The first-order valence-electron chi connectivity index (χ1n) is 17.7. The largest absolute Gasteiger partial charge is 0.497 e. The van der Waals surface area contributed by atoms with Crippen LogP contribution in [0.3, 0.4) is 0 Å². The van der Waals surface area contributed by atoms with Crippen molar-refractivity contribution in [1.82, 2.24) is 4.31 Å². The van der Waals surface area contributed by atoms with Gasteiger partial charge >= 0.3 is 11.9 Å². The predicted octanol–water partition coefficient (Wildman–Crippen LogP) is 6.51. The standard InChI is InChI=1S/C41H45N3O9S/c1-5-44(33-21-17-30(18-22-33)41(48)53-4)54(49,50)35-8-6-7-31(25-35)38(45)43-37-24-23-34(51-2)26-36(37)39(46)42-32-19-13-28(14-20-32)10-9-27-11-15-29(16-12-27)40(47)52-3/h6-8,11-16,19-20,23-26,30,33H,5,9-10,17-18,21-22H2,1-4H3,(H,42,46)(H,43,45). The minimum absolute atomic E-state index is 0.0280. The molecular formula is C41H45N3O9S. The summed E-state index contributed by atoms with van der Waals surface area (Å²) in [5.41, 5.74) is 3.61. The van der Waals surface area contributed by atoms with Crippen LogP contribution < -0.4 is 15.4 Å². The van der Waals surface area contributed by atoms with Gasteiger partial charge in [0.25, 0.3) is 11.8 Å². The quantitative estimate of drug-likeness (QED) is 0.137. The SMILES string of the molecule is CCN(C1CCC(C(=O)OC)CC1)S(=O)(=O)c1cccc(C(=O)Nc2ccc(OC)cc2C(=O)Nc2ccc(CCc3ccc(C(=O)OC)cc3)cc2)c1. The summed E-state index contributed by atoms with van der Waals surface area (Å²) >= 11 is 0. The molecule has 5 rings (SSSR count). The molecule has 13 heteroatoms. The smallest absolute Gasteiger partial charge is 0.337 e. The molecule has 2 amide bonds. The molecule has 0 spiro atoms. The van der Waals surface area contributed by atoms with Crippen molar-refractivity contribution in [2.45, 2.75) is 56.4 Å². The zero-order chi connectivity index (χ0) is 38.8. The van der Waals surface area contributed by atoms with Crippen molar-refractivity contribution in [2.24, 2.45) is 5.92 Å². The number of nitrogens with zero attached hydrogens (tertiary/aromatic N) is 1. The molecule has 54 heavy (non-hydrogen) atoms. The lowest BCUT2D eigenvalue weighted by Crippen LogP contribution is -2.43. The summed E-state index contributed by atoms with van der Waals surface area (Å²) in [5.74, 6) is -1.58. The Labute approximate surface area is 315 Å². The fourth-order valence-electron chi connectivity index (χ4n) is 6.63. The summed E-state index contributed by atoms with van der Waals surface area (Å²) in [6.07, 6.45) is 3.61. The van der Waals surface area contributed by atoms with Crippen molar-refractivity contribution in [1.29, 1.82) is 0 Å². The van der Waals surface area contributed by atoms with Crippen LogP contribution in [0.4, 0.5) is 11.4 Å². The van der Waals surface area contributed by atoms with Gasteiger partial charge < -0.3 is 24.8 Å². The highest BCUT2D eigenvalue weighted by molar-refractivity contribution is 7.89. The average molecular weight is 756 g/mol. The number of nitrogens with one attached hydrogen (secondary N) is 2. The first-order valence-corrected chi connectivity index (χ1v) is 19.2. The number of hydrogen-bond donors (Lipinski definition) is 2. The molecule has 1 saturated carbocycles. The van der Waals surface area contributed by atoms with Crippen molar-refractivity contribution >= 4 is 45.2 Å². The third-order valence-electron chi connectivity index (χ3n) is 9.66. The minimum atomic E-state index is -3.97. The highest BCUT2D eigenvalue weighted by atomic mass is 32.2. The maximum atomic E-state index is 13.8. The van der Waals surface area contributed by atoms with E-state index in [9.17, 15) is 27.6 Å². The number of aryl methyl sites for hydroxylation is 2. The van der Waals surface area contributed by atoms with Crippen molar-refractivity contribution < 1.29 is 41.8 Å². The number of esters is 2. The number of ether oxygens (including phenoxy) is 3. The highest BCUT2D eigenvalue weighted by Crippen LogP contribution is 2.32. The van der Waals surface area contributed by atoms with Crippen LogP contribution in [0, 0.1) is 5.92 Å². The van der Waals surface area contributed by atoms with Gasteiger partial charge in [0.05, 0.1) is 49.0 Å². The molecule has 1 aliphatic carbocycles. The molecular weight excluding hydrogens is 711 g/mol. The number of sulfonamides is 1. The summed E-state index contributed by atoms with van der Waals surface area (Å²) in [5, 5.41) is 5.65. The molecule has 0 unspecified atom stereocenters. The van der Waals surface area contributed by atoms with E-state index in [1.807, 2.05) is 24.3 Å². The van der Waals surface area contributed by atoms with E-state index in [0.717, 1.165) is 24.0 Å². The van der Waals surface area contributed by atoms with Crippen molar-refractivity contribution in [2.75, 3.05) is 38.5 Å². The lowest BCUT2D eigenvalue weighted by Gasteiger charge is -2.34. The zero-order valence-corrected chi connectivity index (χ0v) is 31.6. The predicted molar refractivity (Wildman–Crippen MR) is 204 cm³/mol. The number of carbonyl (C=O) groups is 4. The van der Waals surface area contributed by atoms with E-state index in [4.69, 9.17) is 14.2 Å². The Kier molecular flexibility index (Phi) is 13.2. The third kappa shape index (κ3) is 9.52. The topological polar surface area (TPSA) is 157 Å². The summed E-state index contributed by atoms with van der Waals surface area (Å²) < 4.78 is 44.1. The summed E-state index contributed by atoms with van der Waals surface area (Å²) in [6.45, 7) is 2.00. The van der Waals surface area contributed by atoms with Crippen LogP contribution >= 0.6 is 0 Å². The van der Waals surface area contributed by atoms with Crippen LogP contribution in [-0.4, -0.2) is 70.4 Å². The first-order chi connectivity index (χ1) is 26.0. The molecule has 0 atom stereocenters. The lowest BCUT2D eigenvalue weighted by atomic mass is 9.86. The fourth-order valence-corrected chi connectivity index (χ4v) is 8.37. The number of carbonyl (C=O) groups excluding carboxylic acids is 4. The number of amides is 2. The Morgan fingerprint density at radius 3 is 1.96 bits per heavy atom. The van der Waals surface area contributed by atoms with Gasteiger partial charge in [-0.05, 0) is 110 Å². The van der Waals surface area contributed by atoms with Crippen LogP contribution in [0.5, 0.6) is 5.75 Å². The number of methoxy groups -OCH3 is 3. The van der Waals surface area contributed by atoms with Gasteiger partial charge in [0.1, 0.15) is 5.75 Å². The second-order valence-corrected chi connectivity index (χ2v) is 14.9. The summed E-state index contributed by atoms with van der Waals surface area (Å²) in [7, 11) is 0.197. The van der Waals surface area contributed by atoms with Gasteiger partial charge in [-0.15, -0.1) is 0 Å². The minimum Gasteiger partial charge on any atom is -0.497 e. The number of anilines is 2. The molecule has 4 aromatic carbocycles. The van der Waals surface area contributed by atoms with Crippen LogP contribution in [0.2, 0.25) is 0 Å². The first kappa shape index (κ1) is 39.7. The number of hydrogen-bond acceptors (Lipinski definition) is 9. The van der Waals surface area contributed by atoms with Crippen molar-refractivity contribution in [3.05, 3.63) is 119 Å². The Morgan fingerprint density at radius 1 is 0.722 bits per heavy atom.